The SMILES string of the molecule is CSc1nccc(N[C@@H]2CCCN(C(=O)OC(C)(C)C)C2)n1. The first-order valence-electron chi connectivity index (χ1n) is 7.49. The van der Waals surface area contributed by atoms with E-state index in [4.69, 9.17) is 4.74 Å². The van der Waals surface area contributed by atoms with Crippen LogP contribution in [0.5, 0.6) is 0 Å². The van der Waals surface area contributed by atoms with Crippen LogP contribution in [0.3, 0.4) is 0 Å². The molecule has 1 fully saturated rings. The summed E-state index contributed by atoms with van der Waals surface area (Å²) in [6.45, 7) is 7.03. The molecule has 0 unspecified atom stereocenters. The maximum absolute atomic E-state index is 12.2. The van der Waals surface area contributed by atoms with Gasteiger partial charge < -0.3 is 15.0 Å². The molecule has 1 aromatic heterocycles. The van der Waals surface area contributed by atoms with Crippen LogP contribution in [0, 0.1) is 0 Å². The van der Waals surface area contributed by atoms with Gasteiger partial charge in [0.1, 0.15) is 11.4 Å². The predicted molar refractivity (Wildman–Crippen MR) is 88.3 cm³/mol. The van der Waals surface area contributed by atoms with Crippen molar-refractivity contribution in [2.24, 2.45) is 0 Å². The lowest BCUT2D eigenvalue weighted by Gasteiger charge is -2.34. The standard InChI is InChI=1S/C15H24N4O2S/c1-15(2,3)21-14(20)19-9-5-6-11(10-19)17-12-7-8-16-13(18-12)22-4/h7-8,11H,5-6,9-10H2,1-4H3,(H,16,17,18)/t11-/m1/s1. The van der Waals surface area contributed by atoms with Gasteiger partial charge in [0, 0.05) is 25.3 Å². The molecule has 1 aliphatic heterocycles. The van der Waals surface area contributed by atoms with Gasteiger partial charge in [-0.3, -0.25) is 0 Å². The monoisotopic (exact) mass is 324 g/mol. The molecule has 2 rings (SSSR count). The number of amides is 1. The van der Waals surface area contributed by atoms with Crippen LogP contribution in [0.1, 0.15) is 33.6 Å². The molecule has 2 heterocycles. The largest absolute Gasteiger partial charge is 0.444 e. The van der Waals surface area contributed by atoms with Crippen molar-refractivity contribution in [3.05, 3.63) is 12.3 Å². The van der Waals surface area contributed by atoms with Gasteiger partial charge >= 0.3 is 6.09 Å². The number of nitrogens with one attached hydrogen (secondary N) is 1. The van der Waals surface area contributed by atoms with Crippen molar-refractivity contribution in [2.75, 3.05) is 24.7 Å². The zero-order valence-corrected chi connectivity index (χ0v) is 14.4. The summed E-state index contributed by atoms with van der Waals surface area (Å²) >= 11 is 1.51. The predicted octanol–water partition coefficient (Wildman–Crippen LogP) is 3.01. The normalized spacial score (nSPS) is 18.9. The molecule has 7 heteroatoms. The lowest BCUT2D eigenvalue weighted by molar-refractivity contribution is 0.0206. The Morgan fingerprint density at radius 3 is 2.95 bits per heavy atom. The second-order valence-corrected chi connectivity index (χ2v) is 7.11. The summed E-state index contributed by atoms with van der Waals surface area (Å²) in [5, 5.41) is 4.13. The van der Waals surface area contributed by atoms with Crippen LogP contribution >= 0.6 is 11.8 Å². The van der Waals surface area contributed by atoms with E-state index in [1.165, 1.54) is 11.8 Å². The molecule has 6 nitrogen and oxygen atoms in total. The van der Waals surface area contributed by atoms with Gasteiger partial charge in [-0.15, -0.1) is 0 Å². The number of carbonyl (C=O) groups is 1. The highest BCUT2D eigenvalue weighted by Gasteiger charge is 2.27. The van der Waals surface area contributed by atoms with Crippen molar-refractivity contribution in [1.29, 1.82) is 0 Å². The summed E-state index contributed by atoms with van der Waals surface area (Å²) < 4.78 is 5.44. The van der Waals surface area contributed by atoms with Crippen molar-refractivity contribution in [1.82, 2.24) is 14.9 Å². The number of piperidine rings is 1. The number of hydrogen-bond donors (Lipinski definition) is 1. The Hall–Kier alpha value is -1.50. The van der Waals surface area contributed by atoms with E-state index in [1.54, 1.807) is 11.1 Å². The maximum Gasteiger partial charge on any atom is 0.410 e. The molecule has 0 saturated carbocycles. The summed E-state index contributed by atoms with van der Waals surface area (Å²) in [5.41, 5.74) is -0.461. The van der Waals surface area contributed by atoms with Gasteiger partial charge in [-0.1, -0.05) is 11.8 Å². The van der Waals surface area contributed by atoms with Crippen molar-refractivity contribution in [3.63, 3.8) is 0 Å². The lowest BCUT2D eigenvalue weighted by atomic mass is 10.1. The first-order valence-corrected chi connectivity index (χ1v) is 8.71. The van der Waals surface area contributed by atoms with Gasteiger partial charge in [-0.05, 0) is 45.9 Å². The number of rotatable bonds is 3. The smallest absolute Gasteiger partial charge is 0.410 e. The molecule has 1 saturated heterocycles. The van der Waals surface area contributed by atoms with Crippen LogP contribution in [0.4, 0.5) is 10.6 Å². The fourth-order valence-corrected chi connectivity index (χ4v) is 2.67. The van der Waals surface area contributed by atoms with Crippen LogP contribution < -0.4 is 5.32 Å². The summed E-state index contributed by atoms with van der Waals surface area (Å²) in [4.78, 5) is 22.5. The van der Waals surface area contributed by atoms with E-state index < -0.39 is 5.60 Å². The van der Waals surface area contributed by atoms with Gasteiger partial charge in [-0.2, -0.15) is 0 Å². The fourth-order valence-electron chi connectivity index (χ4n) is 2.32. The van der Waals surface area contributed by atoms with E-state index in [2.05, 4.69) is 15.3 Å². The van der Waals surface area contributed by atoms with Crippen molar-refractivity contribution in [3.8, 4) is 0 Å². The number of hydrogen-bond acceptors (Lipinski definition) is 6. The van der Waals surface area contributed by atoms with Gasteiger partial charge in [0.05, 0.1) is 0 Å². The van der Waals surface area contributed by atoms with Crippen LogP contribution in [0.25, 0.3) is 0 Å². The molecule has 1 atom stereocenters. The fraction of sp³-hybridized carbons (Fsp3) is 0.667. The zero-order chi connectivity index (χ0) is 16.2. The van der Waals surface area contributed by atoms with Crippen LogP contribution in [0.15, 0.2) is 17.4 Å². The van der Waals surface area contributed by atoms with Crippen LogP contribution in [-0.2, 0) is 4.74 Å². The molecular formula is C15H24N4O2S. The molecule has 0 aromatic carbocycles. The Labute approximate surface area is 136 Å². The Kier molecular flexibility index (Phi) is 5.50. The summed E-state index contributed by atoms with van der Waals surface area (Å²) in [5.74, 6) is 0.801. The Morgan fingerprint density at radius 1 is 1.50 bits per heavy atom. The van der Waals surface area contributed by atoms with Crippen molar-refractivity contribution < 1.29 is 9.53 Å². The van der Waals surface area contributed by atoms with Crippen molar-refractivity contribution in [2.45, 2.75) is 50.4 Å². The number of aromatic nitrogens is 2. The van der Waals surface area contributed by atoms with Crippen LogP contribution in [0.2, 0.25) is 0 Å². The number of anilines is 1. The highest BCUT2D eigenvalue weighted by molar-refractivity contribution is 7.98. The number of carbonyl (C=O) groups excluding carboxylic acids is 1. The first kappa shape index (κ1) is 16.9. The molecule has 0 aliphatic carbocycles. The van der Waals surface area contributed by atoms with E-state index in [9.17, 15) is 4.79 Å². The summed E-state index contributed by atoms with van der Waals surface area (Å²) in [6, 6.07) is 2.04. The minimum atomic E-state index is -0.461. The molecule has 1 aliphatic rings. The van der Waals surface area contributed by atoms with Crippen LogP contribution in [-0.4, -0.2) is 51.9 Å². The lowest BCUT2D eigenvalue weighted by Crippen LogP contribution is -2.47. The molecule has 1 aromatic rings. The Balaban J connectivity index is 1.94. The summed E-state index contributed by atoms with van der Waals surface area (Å²) in [6.07, 6.45) is 5.42. The minimum absolute atomic E-state index is 0.186. The van der Waals surface area contributed by atoms with Gasteiger partial charge in [0.2, 0.25) is 0 Å². The van der Waals surface area contributed by atoms with E-state index in [0.717, 1.165) is 30.4 Å². The van der Waals surface area contributed by atoms with Crippen molar-refractivity contribution >= 4 is 23.7 Å². The number of nitrogens with zero attached hydrogens (tertiary/aromatic N) is 3. The van der Waals surface area contributed by atoms with Gasteiger partial charge in [0.25, 0.3) is 0 Å². The third-order valence-electron chi connectivity index (χ3n) is 3.24. The molecule has 1 N–H and O–H groups in total. The average Bonchev–Trinajstić information content (AvgIpc) is 2.46. The second kappa shape index (κ2) is 7.17. The third kappa shape index (κ3) is 5.05. The number of thioether (sulfide) groups is 1. The average molecular weight is 324 g/mol. The molecule has 1 amide bonds. The van der Waals surface area contributed by atoms with E-state index in [0.29, 0.717) is 6.54 Å². The quantitative estimate of drug-likeness (QED) is 0.681. The maximum atomic E-state index is 12.2. The Bertz CT molecular complexity index is 519. The van der Waals surface area contributed by atoms with E-state index in [1.807, 2.05) is 33.1 Å². The highest BCUT2D eigenvalue weighted by atomic mass is 32.2. The highest BCUT2D eigenvalue weighted by Crippen LogP contribution is 2.18. The third-order valence-corrected chi connectivity index (χ3v) is 3.80. The Morgan fingerprint density at radius 2 is 2.27 bits per heavy atom. The molecular weight excluding hydrogens is 300 g/mol. The second-order valence-electron chi connectivity index (χ2n) is 6.34. The zero-order valence-electron chi connectivity index (χ0n) is 13.6. The molecule has 0 spiro atoms. The van der Waals surface area contributed by atoms with E-state index >= 15 is 0 Å². The van der Waals surface area contributed by atoms with E-state index in [-0.39, 0.29) is 12.1 Å². The minimum Gasteiger partial charge on any atom is -0.444 e. The van der Waals surface area contributed by atoms with Gasteiger partial charge in [0.15, 0.2) is 5.16 Å². The van der Waals surface area contributed by atoms with Gasteiger partial charge in [-0.25, -0.2) is 14.8 Å². The number of ether oxygens (including phenoxy) is 1. The molecule has 0 radical (unpaired) electrons. The first-order chi connectivity index (χ1) is 10.4. The molecule has 22 heavy (non-hydrogen) atoms. The molecule has 122 valence electrons. The summed E-state index contributed by atoms with van der Waals surface area (Å²) in [7, 11) is 0. The number of likely N-dealkylation sites (tertiary alicyclic amines) is 1. The topological polar surface area (TPSA) is 67.4 Å². The molecule has 0 bridgehead atoms.